The molecule has 1 aromatic carbocycles. The number of benzene rings is 1. The summed E-state index contributed by atoms with van der Waals surface area (Å²) in [6.07, 6.45) is 5.56. The first kappa shape index (κ1) is 24.5. The zero-order valence-electron chi connectivity index (χ0n) is 18.6. The van der Waals surface area contributed by atoms with E-state index in [9.17, 15) is 27.8 Å². The molecule has 3 N–H and O–H groups in total. The molecule has 1 saturated carbocycles. The Morgan fingerprint density at radius 2 is 1.92 bits per heavy atom. The van der Waals surface area contributed by atoms with Crippen molar-refractivity contribution in [3.8, 4) is 16.9 Å². The Morgan fingerprint density at radius 1 is 1.17 bits per heavy atom. The number of nitrogens with one attached hydrogen (secondary N) is 1. The molecular formula is C24H21ClF4N4O3. The van der Waals surface area contributed by atoms with Crippen LogP contribution in [0, 0.1) is 5.82 Å². The van der Waals surface area contributed by atoms with Crippen LogP contribution in [-0.2, 0) is 0 Å². The van der Waals surface area contributed by atoms with Crippen LogP contribution in [0.3, 0.4) is 0 Å². The van der Waals surface area contributed by atoms with Gasteiger partial charge in [-0.15, -0.1) is 0 Å². The van der Waals surface area contributed by atoms with E-state index in [1.165, 1.54) is 6.20 Å². The third-order valence-corrected chi connectivity index (χ3v) is 6.91. The van der Waals surface area contributed by atoms with E-state index in [2.05, 4.69) is 19.8 Å². The summed E-state index contributed by atoms with van der Waals surface area (Å²) in [4.78, 5) is 7.30. The van der Waals surface area contributed by atoms with Gasteiger partial charge in [-0.25, -0.2) is 9.37 Å². The summed E-state index contributed by atoms with van der Waals surface area (Å²) in [7, 11) is 0. The molecule has 4 aromatic rings. The van der Waals surface area contributed by atoms with Gasteiger partial charge in [0.25, 0.3) is 0 Å². The van der Waals surface area contributed by atoms with Crippen LogP contribution in [-0.4, -0.2) is 55.5 Å². The summed E-state index contributed by atoms with van der Waals surface area (Å²) in [5, 5.41) is 24.0. The molecule has 1 aliphatic carbocycles. The maximum atomic E-state index is 14.4. The first-order valence-electron chi connectivity index (χ1n) is 11.1. The van der Waals surface area contributed by atoms with Crippen molar-refractivity contribution in [3.63, 3.8) is 0 Å². The standard InChI is InChI=1S/C24H21ClF4N4O3/c25-22-17(27)1-2-20(36-24(28)29)21(22)15(6-26)16-9-31-23-14(16)3-11(7-30-23)12-8-32-33(10-12)13-4-18(34)19(35)5-13/h1-3,7-10,13,15,18-19,24,34-35H,4-6H2,(H,30,31)/t13?,15-,18-,19+/m1/s1. The lowest BCUT2D eigenvalue weighted by Crippen LogP contribution is -2.17. The highest BCUT2D eigenvalue weighted by molar-refractivity contribution is 6.31. The molecule has 0 amide bonds. The number of fused-ring (bicyclic) bond motifs is 1. The average molecular weight is 525 g/mol. The van der Waals surface area contributed by atoms with Crippen LogP contribution in [0.15, 0.2) is 43.0 Å². The summed E-state index contributed by atoms with van der Waals surface area (Å²) in [5.41, 5.74) is 1.85. The van der Waals surface area contributed by atoms with Gasteiger partial charge in [0.2, 0.25) is 0 Å². The number of aliphatic hydroxyl groups is 2. The van der Waals surface area contributed by atoms with E-state index in [1.807, 2.05) is 0 Å². The topological polar surface area (TPSA) is 96.2 Å². The maximum Gasteiger partial charge on any atom is 0.387 e. The van der Waals surface area contributed by atoms with Crippen molar-refractivity contribution in [2.45, 2.75) is 43.6 Å². The van der Waals surface area contributed by atoms with Crippen LogP contribution in [0.25, 0.3) is 22.2 Å². The second-order valence-electron chi connectivity index (χ2n) is 8.69. The van der Waals surface area contributed by atoms with Gasteiger partial charge in [0.1, 0.15) is 23.9 Å². The van der Waals surface area contributed by atoms with Crippen LogP contribution in [0.1, 0.15) is 35.9 Å². The molecule has 3 heterocycles. The van der Waals surface area contributed by atoms with Crippen LogP contribution >= 0.6 is 11.6 Å². The molecule has 190 valence electrons. The highest BCUT2D eigenvalue weighted by atomic mass is 35.5. The normalized spacial score (nSPS) is 20.9. The van der Waals surface area contributed by atoms with Crippen molar-refractivity contribution in [1.29, 1.82) is 0 Å². The van der Waals surface area contributed by atoms with E-state index in [4.69, 9.17) is 11.6 Å². The second kappa shape index (κ2) is 9.72. The minimum atomic E-state index is -3.21. The Labute approximate surface area is 207 Å². The minimum absolute atomic E-state index is 0.164. The SMILES string of the molecule is O[C@@H]1CC(n2cc(-c3cnc4[nH]cc([C@@H](CF)c5c(OC(F)F)ccc(F)c5Cl)c4c3)cn2)C[C@@H]1O. The Morgan fingerprint density at radius 3 is 2.61 bits per heavy atom. The first-order chi connectivity index (χ1) is 17.3. The van der Waals surface area contributed by atoms with E-state index in [0.29, 0.717) is 40.6 Å². The molecule has 7 nitrogen and oxygen atoms in total. The third-order valence-electron chi connectivity index (χ3n) is 6.53. The summed E-state index contributed by atoms with van der Waals surface area (Å²) in [5.74, 6) is -2.52. The van der Waals surface area contributed by atoms with Gasteiger partial charge in [0.15, 0.2) is 0 Å². The number of aromatic nitrogens is 4. The second-order valence-corrected chi connectivity index (χ2v) is 9.07. The number of halogens is 5. The number of nitrogens with zero attached hydrogens (tertiary/aromatic N) is 3. The number of ether oxygens (including phenoxy) is 1. The lowest BCUT2D eigenvalue weighted by atomic mass is 9.91. The fourth-order valence-electron chi connectivity index (χ4n) is 4.73. The number of aliphatic hydroxyl groups excluding tert-OH is 2. The number of pyridine rings is 1. The first-order valence-corrected chi connectivity index (χ1v) is 11.5. The Balaban J connectivity index is 1.54. The van der Waals surface area contributed by atoms with Gasteiger partial charge in [-0.05, 0) is 36.6 Å². The van der Waals surface area contributed by atoms with Crippen molar-refractivity contribution in [2.75, 3.05) is 6.67 Å². The van der Waals surface area contributed by atoms with Crippen molar-refractivity contribution < 1.29 is 32.5 Å². The van der Waals surface area contributed by atoms with E-state index in [-0.39, 0.29) is 11.6 Å². The van der Waals surface area contributed by atoms with Crippen molar-refractivity contribution in [3.05, 3.63) is 65.0 Å². The third kappa shape index (κ3) is 4.42. The number of aromatic amines is 1. The summed E-state index contributed by atoms with van der Waals surface area (Å²) in [6.45, 7) is -4.27. The average Bonchev–Trinajstić information content (AvgIpc) is 3.57. The quantitative estimate of drug-likeness (QED) is 0.296. The molecule has 0 aliphatic heterocycles. The predicted molar refractivity (Wildman–Crippen MR) is 123 cm³/mol. The molecule has 0 radical (unpaired) electrons. The summed E-state index contributed by atoms with van der Waals surface area (Å²) >= 11 is 6.10. The Hall–Kier alpha value is -3.15. The zero-order chi connectivity index (χ0) is 25.6. The number of alkyl halides is 3. The number of rotatable bonds is 7. The number of H-pyrrole nitrogens is 1. The van der Waals surface area contributed by atoms with E-state index in [0.717, 1.165) is 12.1 Å². The molecule has 0 saturated heterocycles. The van der Waals surface area contributed by atoms with E-state index >= 15 is 0 Å². The molecular weight excluding hydrogens is 504 g/mol. The van der Waals surface area contributed by atoms with Gasteiger partial charge < -0.3 is 19.9 Å². The fourth-order valence-corrected chi connectivity index (χ4v) is 5.02. The molecule has 0 bridgehead atoms. The van der Waals surface area contributed by atoms with Gasteiger partial charge in [-0.1, -0.05) is 11.6 Å². The number of hydrogen-bond acceptors (Lipinski definition) is 5. The van der Waals surface area contributed by atoms with Gasteiger partial charge in [-0.2, -0.15) is 13.9 Å². The van der Waals surface area contributed by atoms with E-state index in [1.54, 1.807) is 29.3 Å². The maximum absolute atomic E-state index is 14.4. The van der Waals surface area contributed by atoms with Crippen molar-refractivity contribution in [2.24, 2.45) is 0 Å². The zero-order valence-corrected chi connectivity index (χ0v) is 19.3. The van der Waals surface area contributed by atoms with E-state index < -0.39 is 48.0 Å². The minimum Gasteiger partial charge on any atom is -0.434 e. The molecule has 36 heavy (non-hydrogen) atoms. The van der Waals surface area contributed by atoms with Crippen LogP contribution in [0.2, 0.25) is 5.02 Å². The largest absolute Gasteiger partial charge is 0.434 e. The Bertz CT molecular complexity index is 1390. The summed E-state index contributed by atoms with van der Waals surface area (Å²) in [6, 6.07) is 3.45. The molecule has 4 atom stereocenters. The van der Waals surface area contributed by atoms with Crippen LogP contribution < -0.4 is 4.74 Å². The van der Waals surface area contributed by atoms with Gasteiger partial charge >= 0.3 is 6.61 Å². The molecule has 12 heteroatoms. The molecule has 1 fully saturated rings. The predicted octanol–water partition coefficient (Wildman–Crippen LogP) is 4.98. The van der Waals surface area contributed by atoms with Crippen LogP contribution in [0.5, 0.6) is 5.75 Å². The lowest BCUT2D eigenvalue weighted by Gasteiger charge is -2.19. The van der Waals surface area contributed by atoms with Crippen molar-refractivity contribution in [1.82, 2.24) is 19.7 Å². The Kier molecular flexibility index (Phi) is 6.62. The van der Waals surface area contributed by atoms with Crippen LogP contribution in [0.4, 0.5) is 17.6 Å². The lowest BCUT2D eigenvalue weighted by molar-refractivity contribution is -0.0506. The highest BCUT2D eigenvalue weighted by Gasteiger charge is 2.33. The fraction of sp³-hybridized carbons (Fsp3) is 0.333. The molecule has 5 rings (SSSR count). The molecule has 1 unspecified atom stereocenters. The van der Waals surface area contributed by atoms with Crippen molar-refractivity contribution >= 4 is 22.6 Å². The molecule has 3 aromatic heterocycles. The highest BCUT2D eigenvalue weighted by Crippen LogP contribution is 2.42. The molecule has 0 spiro atoms. The van der Waals surface area contributed by atoms with Gasteiger partial charge in [-0.3, -0.25) is 9.07 Å². The number of hydrogen-bond donors (Lipinski definition) is 3. The van der Waals surface area contributed by atoms with Gasteiger partial charge in [0, 0.05) is 46.6 Å². The smallest absolute Gasteiger partial charge is 0.387 e. The van der Waals surface area contributed by atoms with Gasteiger partial charge in [0.05, 0.1) is 29.5 Å². The molecule has 1 aliphatic rings. The monoisotopic (exact) mass is 524 g/mol. The summed E-state index contributed by atoms with van der Waals surface area (Å²) < 4.78 is 60.8.